The van der Waals surface area contributed by atoms with Gasteiger partial charge < -0.3 is 0 Å². The summed E-state index contributed by atoms with van der Waals surface area (Å²) in [6.45, 7) is 0. The second-order valence-corrected chi connectivity index (χ2v) is 3.26. The first-order chi connectivity index (χ1) is 5.04. The Morgan fingerprint density at radius 1 is 1.50 bits per heavy atom. The highest BCUT2D eigenvalue weighted by Crippen LogP contribution is 2.30. The Hall–Kier alpha value is 0.380. The summed E-state index contributed by atoms with van der Waals surface area (Å²) in [6.07, 6.45) is -4.31. The van der Waals surface area contributed by atoms with Crippen LogP contribution in [0, 0.1) is 0 Å². The van der Waals surface area contributed by atoms with Gasteiger partial charge in [0.05, 0.1) is 5.33 Å². The van der Waals surface area contributed by atoms with Crippen LogP contribution in [0.1, 0.15) is 10.7 Å². The van der Waals surface area contributed by atoms with E-state index in [1.54, 1.807) is 0 Å². The van der Waals surface area contributed by atoms with Crippen LogP contribution in [0.2, 0.25) is 0 Å². The SMILES string of the molecule is Br.FC(F)(F)c1csc(CBr)n1. The molecule has 12 heavy (non-hydrogen) atoms. The molecule has 70 valence electrons. The summed E-state index contributed by atoms with van der Waals surface area (Å²) in [5.74, 6) is 0. The first-order valence-electron chi connectivity index (χ1n) is 2.61. The minimum absolute atomic E-state index is 0. The zero-order chi connectivity index (χ0) is 8.48. The fourth-order valence-electron chi connectivity index (χ4n) is 0.502. The van der Waals surface area contributed by atoms with Crippen molar-refractivity contribution >= 4 is 44.2 Å². The van der Waals surface area contributed by atoms with Crippen molar-refractivity contribution in [3.8, 4) is 0 Å². The largest absolute Gasteiger partial charge is 0.434 e. The predicted molar refractivity (Wildman–Crippen MR) is 50.1 cm³/mol. The maximum Gasteiger partial charge on any atom is 0.434 e. The molecule has 0 spiro atoms. The number of alkyl halides is 4. The Morgan fingerprint density at radius 2 is 2.08 bits per heavy atom. The molecule has 0 unspecified atom stereocenters. The van der Waals surface area contributed by atoms with Gasteiger partial charge in [0, 0.05) is 5.38 Å². The van der Waals surface area contributed by atoms with E-state index in [-0.39, 0.29) is 17.0 Å². The molecular formula is C5H4Br2F3NS. The van der Waals surface area contributed by atoms with Crippen molar-refractivity contribution in [1.82, 2.24) is 4.98 Å². The molecule has 1 rings (SSSR count). The lowest BCUT2D eigenvalue weighted by atomic mass is 10.5. The van der Waals surface area contributed by atoms with E-state index in [1.165, 1.54) is 0 Å². The lowest BCUT2D eigenvalue weighted by molar-refractivity contribution is -0.140. The Kier molecular flexibility index (Phi) is 4.71. The average Bonchev–Trinajstić information content (AvgIpc) is 2.32. The van der Waals surface area contributed by atoms with Crippen molar-refractivity contribution in [2.24, 2.45) is 0 Å². The lowest BCUT2D eigenvalue weighted by Gasteiger charge is -1.99. The molecule has 0 aromatic carbocycles. The maximum atomic E-state index is 11.9. The zero-order valence-corrected chi connectivity index (χ0v) is 9.68. The summed E-state index contributed by atoms with van der Waals surface area (Å²) in [4.78, 5) is 3.35. The van der Waals surface area contributed by atoms with E-state index in [0.29, 0.717) is 10.3 Å². The molecule has 0 N–H and O–H groups in total. The fraction of sp³-hybridized carbons (Fsp3) is 0.400. The molecule has 1 nitrogen and oxygen atoms in total. The van der Waals surface area contributed by atoms with Gasteiger partial charge in [-0.15, -0.1) is 28.3 Å². The number of thiazole rings is 1. The number of aromatic nitrogens is 1. The molecule has 7 heteroatoms. The van der Waals surface area contributed by atoms with Crippen LogP contribution in [-0.4, -0.2) is 4.98 Å². The van der Waals surface area contributed by atoms with Gasteiger partial charge in [0.1, 0.15) is 5.01 Å². The van der Waals surface area contributed by atoms with Crippen LogP contribution in [0.5, 0.6) is 0 Å². The fourth-order valence-corrected chi connectivity index (χ4v) is 1.67. The van der Waals surface area contributed by atoms with Gasteiger partial charge in [-0.2, -0.15) is 13.2 Å². The molecule has 0 fully saturated rings. The van der Waals surface area contributed by atoms with Crippen LogP contribution in [0.25, 0.3) is 0 Å². The molecule has 1 aromatic rings. The van der Waals surface area contributed by atoms with Crippen LogP contribution in [0.15, 0.2) is 5.38 Å². The molecule has 0 saturated carbocycles. The summed E-state index contributed by atoms with van der Waals surface area (Å²) in [6, 6.07) is 0. The topological polar surface area (TPSA) is 12.9 Å². The molecule has 0 amide bonds. The van der Waals surface area contributed by atoms with E-state index in [0.717, 1.165) is 16.7 Å². The molecule has 0 bridgehead atoms. The van der Waals surface area contributed by atoms with E-state index in [9.17, 15) is 13.2 Å². The summed E-state index contributed by atoms with van der Waals surface area (Å²) < 4.78 is 35.6. The van der Waals surface area contributed by atoms with E-state index in [2.05, 4.69) is 20.9 Å². The molecular weight excluding hydrogens is 323 g/mol. The van der Waals surface area contributed by atoms with Crippen molar-refractivity contribution in [1.29, 1.82) is 0 Å². The van der Waals surface area contributed by atoms with Gasteiger partial charge in [-0.1, -0.05) is 15.9 Å². The van der Waals surface area contributed by atoms with E-state index >= 15 is 0 Å². The highest BCUT2D eigenvalue weighted by Gasteiger charge is 2.33. The minimum atomic E-state index is -4.31. The molecule has 0 aliphatic heterocycles. The highest BCUT2D eigenvalue weighted by molar-refractivity contribution is 9.08. The van der Waals surface area contributed by atoms with Crippen molar-refractivity contribution in [2.75, 3.05) is 0 Å². The minimum Gasteiger partial charge on any atom is -0.236 e. The van der Waals surface area contributed by atoms with E-state index in [4.69, 9.17) is 0 Å². The monoisotopic (exact) mass is 325 g/mol. The van der Waals surface area contributed by atoms with Gasteiger partial charge in [0.2, 0.25) is 0 Å². The van der Waals surface area contributed by atoms with Gasteiger partial charge in [-0.05, 0) is 0 Å². The third-order valence-corrected chi connectivity index (χ3v) is 2.71. The summed E-state index contributed by atoms with van der Waals surface area (Å²) in [7, 11) is 0. The molecule has 1 heterocycles. The van der Waals surface area contributed by atoms with Crippen LogP contribution in [-0.2, 0) is 11.5 Å². The van der Waals surface area contributed by atoms with Crippen LogP contribution in [0.4, 0.5) is 13.2 Å². The van der Waals surface area contributed by atoms with Gasteiger partial charge >= 0.3 is 6.18 Å². The molecule has 0 atom stereocenters. The number of halogens is 5. The van der Waals surface area contributed by atoms with E-state index < -0.39 is 11.9 Å². The molecule has 0 radical (unpaired) electrons. The van der Waals surface area contributed by atoms with Crippen molar-refractivity contribution in [2.45, 2.75) is 11.5 Å². The van der Waals surface area contributed by atoms with Gasteiger partial charge in [0.15, 0.2) is 5.69 Å². The number of rotatable bonds is 1. The van der Waals surface area contributed by atoms with Gasteiger partial charge in [0.25, 0.3) is 0 Å². The van der Waals surface area contributed by atoms with Crippen molar-refractivity contribution < 1.29 is 13.2 Å². The Labute approximate surface area is 89.9 Å². The Bertz CT molecular complexity index is 247. The summed E-state index contributed by atoms with van der Waals surface area (Å²) in [5.41, 5.74) is -0.808. The predicted octanol–water partition coefficient (Wildman–Crippen LogP) is 3.63. The molecule has 0 saturated heterocycles. The first kappa shape index (κ1) is 12.4. The number of hydrogen-bond acceptors (Lipinski definition) is 2. The standard InChI is InChI=1S/C5H3BrF3NS.BrH/c6-1-4-10-3(2-11-4)5(7,8)9;/h2H,1H2;1H. The summed E-state index contributed by atoms with van der Waals surface area (Å²) >= 11 is 4.02. The third kappa shape index (κ3) is 3.02. The molecule has 0 aliphatic rings. The highest BCUT2D eigenvalue weighted by atomic mass is 79.9. The third-order valence-electron chi connectivity index (χ3n) is 0.956. The van der Waals surface area contributed by atoms with Crippen molar-refractivity contribution in [3.63, 3.8) is 0 Å². The maximum absolute atomic E-state index is 11.9. The van der Waals surface area contributed by atoms with Gasteiger partial charge in [-0.3, -0.25) is 0 Å². The zero-order valence-electron chi connectivity index (χ0n) is 5.56. The Morgan fingerprint density at radius 3 is 2.33 bits per heavy atom. The number of nitrogens with zero attached hydrogens (tertiary/aromatic N) is 1. The molecule has 1 aromatic heterocycles. The normalized spacial score (nSPS) is 11.0. The molecule has 0 aliphatic carbocycles. The Balaban J connectivity index is 0.00000121. The summed E-state index contributed by atoms with van der Waals surface area (Å²) in [5, 5.41) is 1.82. The van der Waals surface area contributed by atoms with Crippen LogP contribution in [0.3, 0.4) is 0 Å². The van der Waals surface area contributed by atoms with Crippen LogP contribution >= 0.6 is 44.2 Å². The van der Waals surface area contributed by atoms with Crippen molar-refractivity contribution in [3.05, 3.63) is 16.1 Å². The second kappa shape index (κ2) is 4.57. The van der Waals surface area contributed by atoms with Crippen LogP contribution < -0.4 is 0 Å². The van der Waals surface area contributed by atoms with E-state index in [1.807, 2.05) is 0 Å². The average molecular weight is 327 g/mol. The van der Waals surface area contributed by atoms with Gasteiger partial charge in [-0.25, -0.2) is 4.98 Å². The second-order valence-electron chi connectivity index (χ2n) is 1.76. The lowest BCUT2D eigenvalue weighted by Crippen LogP contribution is -2.04. The number of hydrogen-bond donors (Lipinski definition) is 0. The first-order valence-corrected chi connectivity index (χ1v) is 4.61. The smallest absolute Gasteiger partial charge is 0.236 e. The quantitative estimate of drug-likeness (QED) is 0.718.